The van der Waals surface area contributed by atoms with E-state index in [-0.39, 0.29) is 18.7 Å². The topological polar surface area (TPSA) is 127 Å². The molecule has 33 heavy (non-hydrogen) atoms. The van der Waals surface area contributed by atoms with Gasteiger partial charge >= 0.3 is 18.3 Å². The number of nitrogens with one attached hydrogen (secondary N) is 4. The normalized spacial score (nSPS) is 13.5. The van der Waals surface area contributed by atoms with Crippen LogP contribution < -0.4 is 21.3 Å². The average molecular weight is 475 g/mol. The van der Waals surface area contributed by atoms with Gasteiger partial charge in [0.2, 0.25) is 0 Å². The molecule has 0 spiro atoms. The Kier molecular flexibility index (Phi) is 14.5. The second-order valence-electron chi connectivity index (χ2n) is 10.2. The van der Waals surface area contributed by atoms with Crippen molar-refractivity contribution in [2.45, 2.75) is 104 Å². The summed E-state index contributed by atoms with van der Waals surface area (Å²) in [6.45, 7) is 17.0. The minimum absolute atomic E-state index is 0.0193. The maximum absolute atomic E-state index is 11.7. The van der Waals surface area contributed by atoms with Crippen LogP contribution in [0.15, 0.2) is 0 Å². The summed E-state index contributed by atoms with van der Waals surface area (Å²) in [7, 11) is 0. The predicted molar refractivity (Wildman–Crippen MR) is 128 cm³/mol. The molecule has 0 rings (SSSR count). The fraction of sp³-hybridized carbons (Fsp3) is 0.870. The van der Waals surface area contributed by atoms with Crippen molar-refractivity contribution in [2.24, 2.45) is 0 Å². The highest BCUT2D eigenvalue weighted by Crippen LogP contribution is 2.08. The molecule has 0 aromatic carbocycles. The van der Waals surface area contributed by atoms with Crippen LogP contribution in [0.5, 0.6) is 0 Å². The smallest absolute Gasteiger partial charge is 0.407 e. The van der Waals surface area contributed by atoms with Gasteiger partial charge in [-0.3, -0.25) is 0 Å². The SMILES string of the molecule is CC(CCNCCCCNC(=O)OCCC(C)NC(=O)OC(C)(C)C)NC(=O)OC(C)(C)C. The maximum Gasteiger partial charge on any atom is 0.407 e. The first kappa shape index (κ1) is 30.8. The number of ether oxygens (including phenoxy) is 3. The number of alkyl carbamates (subject to hydrolysis) is 3. The lowest BCUT2D eigenvalue weighted by Crippen LogP contribution is -2.39. The van der Waals surface area contributed by atoms with Gasteiger partial charge in [0.1, 0.15) is 11.2 Å². The van der Waals surface area contributed by atoms with E-state index < -0.39 is 29.5 Å². The molecule has 0 radical (unpaired) electrons. The summed E-state index contributed by atoms with van der Waals surface area (Å²) in [5, 5.41) is 11.6. The fourth-order valence-electron chi connectivity index (χ4n) is 2.55. The van der Waals surface area contributed by atoms with Gasteiger partial charge in [0.15, 0.2) is 0 Å². The molecule has 0 aliphatic carbocycles. The Morgan fingerprint density at radius 1 is 0.697 bits per heavy atom. The number of hydrogen-bond donors (Lipinski definition) is 4. The van der Waals surface area contributed by atoms with E-state index >= 15 is 0 Å². The van der Waals surface area contributed by atoms with Gasteiger partial charge in [-0.2, -0.15) is 0 Å². The van der Waals surface area contributed by atoms with Crippen LogP contribution >= 0.6 is 0 Å². The number of amides is 3. The van der Waals surface area contributed by atoms with Gasteiger partial charge in [-0.25, -0.2) is 14.4 Å². The zero-order valence-electron chi connectivity index (χ0n) is 21.8. The Labute approximate surface area is 199 Å². The lowest BCUT2D eigenvalue weighted by molar-refractivity contribution is 0.0490. The van der Waals surface area contributed by atoms with Gasteiger partial charge in [0, 0.05) is 25.0 Å². The van der Waals surface area contributed by atoms with Crippen LogP contribution in [0.1, 0.15) is 81.1 Å². The van der Waals surface area contributed by atoms with E-state index in [1.807, 2.05) is 34.6 Å². The standard InChI is InChI=1S/C23H46N4O6/c1-17(26-20(29)32-22(3,4)5)11-15-24-13-9-10-14-25-19(28)31-16-12-18(2)27-21(30)33-23(6,7)8/h17-18,24H,9-16H2,1-8H3,(H,25,28)(H,26,29)(H,27,30). The molecule has 10 heteroatoms. The molecule has 0 heterocycles. The van der Waals surface area contributed by atoms with Crippen LogP contribution in [-0.2, 0) is 14.2 Å². The second-order valence-corrected chi connectivity index (χ2v) is 10.2. The summed E-state index contributed by atoms with van der Waals surface area (Å²) in [6.07, 6.45) is 1.68. The van der Waals surface area contributed by atoms with E-state index in [2.05, 4.69) is 21.3 Å². The minimum Gasteiger partial charge on any atom is -0.449 e. The molecule has 0 saturated carbocycles. The second kappa shape index (κ2) is 15.6. The highest BCUT2D eigenvalue weighted by atomic mass is 16.6. The molecule has 0 aromatic heterocycles. The van der Waals surface area contributed by atoms with Crippen molar-refractivity contribution in [3.05, 3.63) is 0 Å². The lowest BCUT2D eigenvalue weighted by Gasteiger charge is -2.22. The molecule has 0 fully saturated rings. The van der Waals surface area contributed by atoms with E-state index in [4.69, 9.17) is 14.2 Å². The molecule has 2 unspecified atom stereocenters. The molecule has 4 N–H and O–H groups in total. The van der Waals surface area contributed by atoms with E-state index in [0.29, 0.717) is 13.0 Å². The van der Waals surface area contributed by atoms with Crippen LogP contribution in [0.3, 0.4) is 0 Å². The zero-order valence-corrected chi connectivity index (χ0v) is 21.8. The number of rotatable bonds is 13. The number of carbonyl (C=O) groups is 3. The van der Waals surface area contributed by atoms with Crippen molar-refractivity contribution < 1.29 is 28.6 Å². The van der Waals surface area contributed by atoms with Crippen molar-refractivity contribution >= 4 is 18.3 Å². The summed E-state index contributed by atoms with van der Waals surface area (Å²) in [5.74, 6) is 0. The molecule has 0 aliphatic heterocycles. The van der Waals surface area contributed by atoms with E-state index in [9.17, 15) is 14.4 Å². The zero-order chi connectivity index (χ0) is 25.5. The van der Waals surface area contributed by atoms with Gasteiger partial charge < -0.3 is 35.5 Å². The van der Waals surface area contributed by atoms with Crippen molar-refractivity contribution in [2.75, 3.05) is 26.2 Å². The van der Waals surface area contributed by atoms with Crippen LogP contribution in [0.2, 0.25) is 0 Å². The van der Waals surface area contributed by atoms with Crippen LogP contribution in [0.25, 0.3) is 0 Å². The summed E-state index contributed by atoms with van der Waals surface area (Å²) in [6, 6.07) is -0.147. The van der Waals surface area contributed by atoms with E-state index in [0.717, 1.165) is 32.4 Å². The minimum atomic E-state index is -0.548. The van der Waals surface area contributed by atoms with E-state index in [1.54, 1.807) is 20.8 Å². The maximum atomic E-state index is 11.7. The summed E-state index contributed by atoms with van der Waals surface area (Å²) >= 11 is 0. The molecule has 0 saturated heterocycles. The average Bonchev–Trinajstić information content (AvgIpc) is 2.60. The molecule has 0 bridgehead atoms. The number of carbonyl (C=O) groups excluding carboxylic acids is 3. The quantitative estimate of drug-likeness (QED) is 0.237. The van der Waals surface area contributed by atoms with Crippen LogP contribution in [0.4, 0.5) is 14.4 Å². The first-order valence-electron chi connectivity index (χ1n) is 11.8. The fourth-order valence-corrected chi connectivity index (χ4v) is 2.55. The number of unbranched alkanes of at least 4 members (excludes halogenated alkanes) is 1. The molecular weight excluding hydrogens is 428 g/mol. The molecular formula is C23H46N4O6. The van der Waals surface area contributed by atoms with Crippen molar-refractivity contribution in [3.8, 4) is 0 Å². The first-order valence-corrected chi connectivity index (χ1v) is 11.8. The molecule has 2 atom stereocenters. The molecule has 0 aromatic rings. The third kappa shape index (κ3) is 21.4. The van der Waals surface area contributed by atoms with Gasteiger partial charge in [-0.05, 0) is 87.7 Å². The molecule has 194 valence electrons. The van der Waals surface area contributed by atoms with Gasteiger partial charge in [-0.15, -0.1) is 0 Å². The Hall–Kier alpha value is -2.23. The summed E-state index contributed by atoms with van der Waals surface area (Å²) < 4.78 is 15.5. The summed E-state index contributed by atoms with van der Waals surface area (Å²) in [4.78, 5) is 35.1. The molecule has 0 aliphatic rings. The van der Waals surface area contributed by atoms with Crippen molar-refractivity contribution in [3.63, 3.8) is 0 Å². The molecule has 10 nitrogen and oxygen atoms in total. The first-order chi connectivity index (χ1) is 15.2. The van der Waals surface area contributed by atoms with Gasteiger partial charge in [-0.1, -0.05) is 0 Å². The monoisotopic (exact) mass is 474 g/mol. The van der Waals surface area contributed by atoms with Crippen molar-refractivity contribution in [1.29, 1.82) is 0 Å². The Bertz CT molecular complexity index is 586. The third-order valence-corrected chi connectivity index (χ3v) is 4.11. The summed E-state index contributed by atoms with van der Waals surface area (Å²) in [5.41, 5.74) is -1.05. The third-order valence-electron chi connectivity index (χ3n) is 4.11. The van der Waals surface area contributed by atoms with Crippen LogP contribution in [-0.4, -0.2) is 67.8 Å². The Balaban J connectivity index is 3.64. The van der Waals surface area contributed by atoms with Crippen molar-refractivity contribution in [1.82, 2.24) is 21.3 Å². The highest BCUT2D eigenvalue weighted by Gasteiger charge is 2.18. The highest BCUT2D eigenvalue weighted by molar-refractivity contribution is 5.68. The Morgan fingerprint density at radius 3 is 1.70 bits per heavy atom. The van der Waals surface area contributed by atoms with Gasteiger partial charge in [0.05, 0.1) is 6.61 Å². The predicted octanol–water partition coefficient (Wildman–Crippen LogP) is 3.69. The van der Waals surface area contributed by atoms with Gasteiger partial charge in [0.25, 0.3) is 0 Å². The van der Waals surface area contributed by atoms with Crippen LogP contribution in [0, 0.1) is 0 Å². The largest absolute Gasteiger partial charge is 0.449 e. The lowest BCUT2D eigenvalue weighted by atomic mass is 10.2. The Morgan fingerprint density at radius 2 is 1.18 bits per heavy atom. The number of hydrogen-bond acceptors (Lipinski definition) is 7. The van der Waals surface area contributed by atoms with E-state index in [1.165, 1.54) is 0 Å². The molecule has 3 amide bonds.